The van der Waals surface area contributed by atoms with Crippen molar-refractivity contribution in [3.05, 3.63) is 24.3 Å². The molecule has 13 heavy (non-hydrogen) atoms. The first kappa shape index (κ1) is 8.94. The third-order valence-electron chi connectivity index (χ3n) is 2.08. The molecule has 0 amide bonds. The Labute approximate surface area is 78.0 Å². The minimum absolute atomic E-state index is 0.144. The van der Waals surface area contributed by atoms with Gasteiger partial charge in [-0.3, -0.25) is 0 Å². The molecule has 2 rings (SSSR count). The normalized spacial score (nSPS) is 31.7. The third kappa shape index (κ3) is 2.66. The summed E-state index contributed by atoms with van der Waals surface area (Å²) < 4.78 is 16.1. The summed E-state index contributed by atoms with van der Waals surface area (Å²) in [6, 6.07) is 0. The van der Waals surface area contributed by atoms with Crippen molar-refractivity contribution in [1.82, 2.24) is 0 Å². The van der Waals surface area contributed by atoms with Crippen LogP contribution in [0.2, 0.25) is 0 Å². The average Bonchev–Trinajstić information content (AvgIpc) is 2.75. The van der Waals surface area contributed by atoms with E-state index in [0.29, 0.717) is 26.4 Å². The number of hydrogen-bond donors (Lipinski definition) is 0. The fourth-order valence-electron chi connectivity index (χ4n) is 1.39. The zero-order valence-electron chi connectivity index (χ0n) is 7.52. The summed E-state index contributed by atoms with van der Waals surface area (Å²) in [5.41, 5.74) is 0. The van der Waals surface area contributed by atoms with Crippen molar-refractivity contribution >= 4 is 0 Å². The molecule has 0 N–H and O–H groups in total. The summed E-state index contributed by atoms with van der Waals surface area (Å²) in [7, 11) is 0. The highest BCUT2D eigenvalue weighted by atomic mass is 16.6. The van der Waals surface area contributed by atoms with Gasteiger partial charge in [-0.1, -0.05) is 24.3 Å². The zero-order valence-corrected chi connectivity index (χ0v) is 7.52. The molecule has 3 nitrogen and oxygen atoms in total. The van der Waals surface area contributed by atoms with Crippen LogP contribution in [0.15, 0.2) is 24.3 Å². The van der Waals surface area contributed by atoms with Gasteiger partial charge in [0.1, 0.15) is 0 Å². The molecule has 0 aromatic rings. The van der Waals surface area contributed by atoms with Crippen molar-refractivity contribution in [2.24, 2.45) is 0 Å². The first-order chi connectivity index (χ1) is 6.45. The molecule has 0 radical (unpaired) electrons. The van der Waals surface area contributed by atoms with E-state index in [-0.39, 0.29) is 12.2 Å². The van der Waals surface area contributed by atoms with Crippen molar-refractivity contribution in [1.29, 1.82) is 0 Å². The molecule has 0 spiro atoms. The van der Waals surface area contributed by atoms with Crippen molar-refractivity contribution in [2.45, 2.75) is 12.2 Å². The highest BCUT2D eigenvalue weighted by Crippen LogP contribution is 2.06. The predicted octanol–water partition coefficient (Wildman–Crippen LogP) is 0.913. The van der Waals surface area contributed by atoms with E-state index in [9.17, 15) is 0 Å². The van der Waals surface area contributed by atoms with Crippen LogP contribution in [0.1, 0.15) is 0 Å². The first-order valence-electron chi connectivity index (χ1n) is 4.59. The van der Waals surface area contributed by atoms with E-state index >= 15 is 0 Å². The largest absolute Gasteiger partial charge is 0.375 e. The van der Waals surface area contributed by atoms with Gasteiger partial charge in [0.05, 0.1) is 38.6 Å². The van der Waals surface area contributed by atoms with Gasteiger partial charge in [-0.2, -0.15) is 0 Å². The zero-order chi connectivity index (χ0) is 8.93. The maximum atomic E-state index is 5.45. The molecular formula is C10H14O3. The van der Waals surface area contributed by atoms with E-state index in [4.69, 9.17) is 14.2 Å². The average molecular weight is 182 g/mol. The van der Waals surface area contributed by atoms with Crippen LogP contribution < -0.4 is 0 Å². The van der Waals surface area contributed by atoms with E-state index in [2.05, 4.69) is 0 Å². The fraction of sp³-hybridized carbons (Fsp3) is 0.600. The van der Waals surface area contributed by atoms with Crippen LogP contribution in [0.3, 0.4) is 0 Å². The molecule has 2 heterocycles. The predicted molar refractivity (Wildman–Crippen MR) is 48.6 cm³/mol. The van der Waals surface area contributed by atoms with Gasteiger partial charge in [0.15, 0.2) is 0 Å². The third-order valence-corrected chi connectivity index (χ3v) is 2.08. The van der Waals surface area contributed by atoms with E-state index in [1.807, 2.05) is 24.3 Å². The molecule has 0 aromatic carbocycles. The Kier molecular flexibility index (Phi) is 3.13. The second-order valence-electron chi connectivity index (χ2n) is 3.14. The number of rotatable bonds is 4. The van der Waals surface area contributed by atoms with Gasteiger partial charge in [-0.15, -0.1) is 0 Å². The van der Waals surface area contributed by atoms with Gasteiger partial charge in [-0.05, 0) is 0 Å². The summed E-state index contributed by atoms with van der Waals surface area (Å²) in [5, 5.41) is 0. The van der Waals surface area contributed by atoms with Crippen LogP contribution in [-0.2, 0) is 14.2 Å². The van der Waals surface area contributed by atoms with E-state index < -0.39 is 0 Å². The topological polar surface area (TPSA) is 27.7 Å². The van der Waals surface area contributed by atoms with Crippen LogP contribution in [0.25, 0.3) is 0 Å². The lowest BCUT2D eigenvalue weighted by molar-refractivity contribution is -0.00999. The molecule has 2 aliphatic rings. The van der Waals surface area contributed by atoms with Crippen LogP contribution in [0.5, 0.6) is 0 Å². The molecule has 0 saturated heterocycles. The lowest BCUT2D eigenvalue weighted by Gasteiger charge is -2.12. The number of ether oxygens (including phenoxy) is 3. The lowest BCUT2D eigenvalue weighted by Crippen LogP contribution is -2.19. The molecule has 2 aliphatic heterocycles. The molecule has 0 fully saturated rings. The van der Waals surface area contributed by atoms with Gasteiger partial charge in [0, 0.05) is 0 Å². The molecular weight excluding hydrogens is 168 g/mol. The van der Waals surface area contributed by atoms with Crippen molar-refractivity contribution < 1.29 is 14.2 Å². The maximum absolute atomic E-state index is 5.45. The SMILES string of the molecule is C1=CC(COCC2C=CCO2)OC1. The van der Waals surface area contributed by atoms with Gasteiger partial charge in [0.2, 0.25) is 0 Å². The minimum atomic E-state index is 0.144. The van der Waals surface area contributed by atoms with Crippen molar-refractivity contribution in [3.8, 4) is 0 Å². The summed E-state index contributed by atoms with van der Waals surface area (Å²) in [6.07, 6.45) is 8.38. The second-order valence-corrected chi connectivity index (χ2v) is 3.14. The Morgan fingerprint density at radius 2 is 1.54 bits per heavy atom. The molecule has 3 heteroatoms. The van der Waals surface area contributed by atoms with Gasteiger partial charge in [0.25, 0.3) is 0 Å². The smallest absolute Gasteiger partial charge is 0.0994 e. The Bertz CT molecular complexity index is 188. The number of hydrogen-bond acceptors (Lipinski definition) is 3. The molecule has 2 atom stereocenters. The van der Waals surface area contributed by atoms with Gasteiger partial charge >= 0.3 is 0 Å². The van der Waals surface area contributed by atoms with Crippen LogP contribution >= 0.6 is 0 Å². The van der Waals surface area contributed by atoms with Crippen LogP contribution in [-0.4, -0.2) is 38.6 Å². The summed E-state index contributed by atoms with van der Waals surface area (Å²) >= 11 is 0. The maximum Gasteiger partial charge on any atom is 0.0994 e. The Morgan fingerprint density at radius 3 is 1.92 bits per heavy atom. The molecule has 2 unspecified atom stereocenters. The summed E-state index contributed by atoms with van der Waals surface area (Å²) in [4.78, 5) is 0. The van der Waals surface area contributed by atoms with E-state index in [0.717, 1.165) is 0 Å². The van der Waals surface area contributed by atoms with Gasteiger partial charge < -0.3 is 14.2 Å². The molecule has 0 saturated carbocycles. The minimum Gasteiger partial charge on any atom is -0.375 e. The molecule has 0 bridgehead atoms. The quantitative estimate of drug-likeness (QED) is 0.605. The standard InChI is InChI=1S/C10H14O3/c1-3-9(12-5-1)7-11-8-10-4-2-6-13-10/h1-4,9-10H,5-8H2. The highest BCUT2D eigenvalue weighted by Gasteiger charge is 2.12. The second kappa shape index (κ2) is 4.56. The molecule has 0 aromatic heterocycles. The van der Waals surface area contributed by atoms with E-state index in [1.54, 1.807) is 0 Å². The monoisotopic (exact) mass is 182 g/mol. The Hall–Kier alpha value is -0.640. The molecule has 0 aliphatic carbocycles. The fourth-order valence-corrected chi connectivity index (χ4v) is 1.39. The molecule has 72 valence electrons. The van der Waals surface area contributed by atoms with Crippen LogP contribution in [0, 0.1) is 0 Å². The van der Waals surface area contributed by atoms with Crippen LogP contribution in [0.4, 0.5) is 0 Å². The Balaban J connectivity index is 1.57. The first-order valence-corrected chi connectivity index (χ1v) is 4.59. The van der Waals surface area contributed by atoms with Crippen molar-refractivity contribution in [2.75, 3.05) is 26.4 Å². The lowest BCUT2D eigenvalue weighted by atomic mass is 10.3. The highest BCUT2D eigenvalue weighted by molar-refractivity contribution is 4.97. The van der Waals surface area contributed by atoms with Gasteiger partial charge in [-0.25, -0.2) is 0 Å². The van der Waals surface area contributed by atoms with Crippen molar-refractivity contribution in [3.63, 3.8) is 0 Å². The Morgan fingerprint density at radius 1 is 1.00 bits per heavy atom. The summed E-state index contributed by atoms with van der Waals surface area (Å²) in [5.74, 6) is 0. The summed E-state index contributed by atoms with van der Waals surface area (Å²) in [6.45, 7) is 2.69. The van der Waals surface area contributed by atoms with E-state index in [1.165, 1.54) is 0 Å².